The maximum atomic E-state index is 13.0. The molecule has 3 aromatic carbocycles. The lowest BCUT2D eigenvalue weighted by atomic mass is 9.96. The number of rotatable bonds is 6. The maximum Gasteiger partial charge on any atom is 0.235 e. The monoisotopic (exact) mass is 450 g/mol. The van der Waals surface area contributed by atoms with Crippen molar-refractivity contribution in [2.24, 2.45) is 0 Å². The van der Waals surface area contributed by atoms with Gasteiger partial charge in [0.15, 0.2) is 0 Å². The van der Waals surface area contributed by atoms with E-state index in [9.17, 15) is 4.79 Å². The fourth-order valence-corrected chi connectivity index (χ4v) is 4.86. The maximum absolute atomic E-state index is 13.0. The van der Waals surface area contributed by atoms with E-state index < -0.39 is 0 Å². The molecule has 0 spiro atoms. The average Bonchev–Trinajstić information content (AvgIpc) is 2.81. The first-order valence-electron chi connectivity index (χ1n) is 10.7. The molecule has 31 heavy (non-hydrogen) atoms. The number of hydrogen-bond donors (Lipinski definition) is 1. The molecular weight excluding hydrogens is 424 g/mol. The highest BCUT2D eigenvalue weighted by Gasteiger charge is 2.30. The Balaban J connectivity index is 1.42. The summed E-state index contributed by atoms with van der Waals surface area (Å²) in [4.78, 5) is 17.4. The summed E-state index contributed by atoms with van der Waals surface area (Å²) in [6.45, 7) is 3.08. The highest BCUT2D eigenvalue weighted by molar-refractivity contribution is 7.81. The van der Waals surface area contributed by atoms with Crippen molar-refractivity contribution in [3.63, 3.8) is 0 Å². The quantitative estimate of drug-likeness (QED) is 0.527. The van der Waals surface area contributed by atoms with Crippen LogP contribution < -0.4 is 0 Å². The van der Waals surface area contributed by atoms with E-state index in [4.69, 9.17) is 11.6 Å². The van der Waals surface area contributed by atoms with E-state index in [0.717, 1.165) is 18.7 Å². The molecule has 3 aromatic rings. The minimum Gasteiger partial charge on any atom is -0.339 e. The van der Waals surface area contributed by atoms with Gasteiger partial charge in [-0.05, 0) is 35.2 Å². The molecule has 5 heteroatoms. The third-order valence-electron chi connectivity index (χ3n) is 5.82. The van der Waals surface area contributed by atoms with E-state index in [1.807, 2.05) is 29.2 Å². The Morgan fingerprint density at radius 1 is 0.839 bits per heavy atom. The summed E-state index contributed by atoms with van der Waals surface area (Å²) >= 11 is 10.7. The lowest BCUT2D eigenvalue weighted by Gasteiger charge is -2.40. The van der Waals surface area contributed by atoms with Crippen LogP contribution in [0.2, 0.25) is 5.02 Å². The summed E-state index contributed by atoms with van der Waals surface area (Å²) in [5.74, 6) is 0.0962. The molecule has 1 amide bonds. The number of carbonyl (C=O) groups is 1. The molecule has 1 saturated heterocycles. The number of benzene rings is 3. The van der Waals surface area contributed by atoms with Crippen LogP contribution in [0.5, 0.6) is 0 Å². The second kappa shape index (κ2) is 10.4. The SMILES string of the molecule is O=C(C(S)Cc1cccc(Cl)c1)N1CCN(C(c2ccccc2)c2ccccc2)CC1. The number of thiol groups is 1. The van der Waals surface area contributed by atoms with Gasteiger partial charge in [-0.15, -0.1) is 0 Å². The van der Waals surface area contributed by atoms with Crippen LogP contribution in [0.15, 0.2) is 84.9 Å². The van der Waals surface area contributed by atoms with Crippen molar-refractivity contribution in [2.75, 3.05) is 26.2 Å². The van der Waals surface area contributed by atoms with Gasteiger partial charge in [-0.3, -0.25) is 9.69 Å². The molecule has 4 rings (SSSR count). The summed E-state index contributed by atoms with van der Waals surface area (Å²) in [7, 11) is 0. The van der Waals surface area contributed by atoms with Crippen LogP contribution in [-0.2, 0) is 11.2 Å². The van der Waals surface area contributed by atoms with Crippen LogP contribution in [0.3, 0.4) is 0 Å². The van der Waals surface area contributed by atoms with Gasteiger partial charge in [0.25, 0.3) is 0 Å². The Morgan fingerprint density at radius 2 is 1.42 bits per heavy atom. The van der Waals surface area contributed by atoms with Crippen molar-refractivity contribution < 1.29 is 4.79 Å². The Bertz CT molecular complexity index is 951. The summed E-state index contributed by atoms with van der Waals surface area (Å²) in [5.41, 5.74) is 3.59. The molecule has 0 aliphatic carbocycles. The Hall–Kier alpha value is -2.27. The summed E-state index contributed by atoms with van der Waals surface area (Å²) in [5, 5.41) is 0.330. The minimum absolute atomic E-state index is 0.0962. The Kier molecular flexibility index (Phi) is 7.33. The molecular formula is C26H27ClN2OS. The molecule has 0 bridgehead atoms. The van der Waals surface area contributed by atoms with E-state index >= 15 is 0 Å². The Labute approximate surface area is 195 Å². The molecule has 1 fully saturated rings. The largest absolute Gasteiger partial charge is 0.339 e. The highest BCUT2D eigenvalue weighted by atomic mass is 35.5. The van der Waals surface area contributed by atoms with Crippen LogP contribution in [0, 0.1) is 0 Å². The van der Waals surface area contributed by atoms with E-state index in [0.29, 0.717) is 24.5 Å². The second-order valence-corrected chi connectivity index (χ2v) is 8.99. The van der Waals surface area contributed by atoms with Crippen molar-refractivity contribution >= 4 is 30.1 Å². The van der Waals surface area contributed by atoms with Crippen LogP contribution in [-0.4, -0.2) is 47.1 Å². The topological polar surface area (TPSA) is 23.6 Å². The smallest absolute Gasteiger partial charge is 0.235 e. The molecule has 0 N–H and O–H groups in total. The predicted octanol–water partition coefficient (Wildman–Crippen LogP) is 5.11. The minimum atomic E-state index is -0.357. The van der Waals surface area contributed by atoms with Gasteiger partial charge in [0.1, 0.15) is 0 Å². The molecule has 3 nitrogen and oxygen atoms in total. The van der Waals surface area contributed by atoms with Crippen LogP contribution in [0.25, 0.3) is 0 Å². The van der Waals surface area contributed by atoms with Gasteiger partial charge in [-0.25, -0.2) is 0 Å². The highest BCUT2D eigenvalue weighted by Crippen LogP contribution is 2.29. The molecule has 1 aliphatic heterocycles. The molecule has 1 unspecified atom stereocenters. The first-order chi connectivity index (χ1) is 15.1. The summed E-state index contributed by atoms with van der Waals surface area (Å²) in [6, 6.07) is 29.0. The molecule has 1 atom stereocenters. The van der Waals surface area contributed by atoms with Crippen molar-refractivity contribution in [2.45, 2.75) is 17.7 Å². The number of hydrogen-bond acceptors (Lipinski definition) is 3. The first kappa shape index (κ1) is 21.9. The first-order valence-corrected chi connectivity index (χ1v) is 11.6. The van der Waals surface area contributed by atoms with Crippen molar-refractivity contribution in [1.29, 1.82) is 0 Å². The standard InChI is InChI=1S/C26H27ClN2OS/c27-23-13-7-8-20(18-23)19-24(31)26(30)29-16-14-28(15-17-29)25(21-9-3-1-4-10-21)22-11-5-2-6-12-22/h1-13,18,24-25,31H,14-17,19H2. The fourth-order valence-electron chi connectivity index (χ4n) is 4.27. The molecule has 0 radical (unpaired) electrons. The van der Waals surface area contributed by atoms with Crippen molar-refractivity contribution in [3.05, 3.63) is 107 Å². The number of halogens is 1. The zero-order valence-electron chi connectivity index (χ0n) is 17.4. The number of carbonyl (C=O) groups excluding carboxylic acids is 1. The molecule has 160 valence electrons. The van der Waals surface area contributed by atoms with E-state index in [2.05, 4.69) is 78.2 Å². The zero-order chi connectivity index (χ0) is 21.6. The van der Waals surface area contributed by atoms with Gasteiger partial charge in [0.2, 0.25) is 5.91 Å². The van der Waals surface area contributed by atoms with Gasteiger partial charge in [-0.2, -0.15) is 12.6 Å². The van der Waals surface area contributed by atoms with Gasteiger partial charge >= 0.3 is 0 Å². The lowest BCUT2D eigenvalue weighted by Crippen LogP contribution is -2.51. The van der Waals surface area contributed by atoms with Crippen LogP contribution in [0.1, 0.15) is 22.7 Å². The lowest BCUT2D eigenvalue weighted by molar-refractivity contribution is -0.132. The summed E-state index contributed by atoms with van der Waals surface area (Å²) < 4.78 is 0. The molecule has 1 heterocycles. The van der Waals surface area contributed by atoms with Crippen molar-refractivity contribution in [3.8, 4) is 0 Å². The van der Waals surface area contributed by atoms with Crippen molar-refractivity contribution in [1.82, 2.24) is 9.80 Å². The Morgan fingerprint density at radius 3 is 1.97 bits per heavy atom. The number of piperazine rings is 1. The average molecular weight is 451 g/mol. The third kappa shape index (κ3) is 5.51. The number of nitrogens with zero attached hydrogens (tertiary/aromatic N) is 2. The normalized spacial score (nSPS) is 15.8. The third-order valence-corrected chi connectivity index (χ3v) is 6.46. The zero-order valence-corrected chi connectivity index (χ0v) is 19.1. The van der Waals surface area contributed by atoms with E-state index in [1.54, 1.807) is 0 Å². The predicted molar refractivity (Wildman–Crippen MR) is 131 cm³/mol. The van der Waals surface area contributed by atoms with Gasteiger partial charge in [-0.1, -0.05) is 84.4 Å². The van der Waals surface area contributed by atoms with Gasteiger partial charge in [0.05, 0.1) is 11.3 Å². The number of amides is 1. The fraction of sp³-hybridized carbons (Fsp3) is 0.269. The van der Waals surface area contributed by atoms with Gasteiger partial charge in [0, 0.05) is 31.2 Å². The molecule has 0 saturated carbocycles. The van der Waals surface area contributed by atoms with E-state index in [-0.39, 0.29) is 17.2 Å². The van der Waals surface area contributed by atoms with Gasteiger partial charge < -0.3 is 4.90 Å². The van der Waals surface area contributed by atoms with Crippen LogP contribution in [0.4, 0.5) is 0 Å². The summed E-state index contributed by atoms with van der Waals surface area (Å²) in [6.07, 6.45) is 0.583. The second-order valence-electron chi connectivity index (χ2n) is 7.94. The van der Waals surface area contributed by atoms with Crippen LogP contribution >= 0.6 is 24.2 Å². The van der Waals surface area contributed by atoms with E-state index in [1.165, 1.54) is 11.1 Å². The molecule has 1 aliphatic rings. The molecule has 0 aromatic heterocycles.